The van der Waals surface area contributed by atoms with Crippen molar-refractivity contribution in [2.45, 2.75) is 57.1 Å². The van der Waals surface area contributed by atoms with Crippen LogP contribution in [0, 0.1) is 5.41 Å². The third kappa shape index (κ3) is 4.28. The molecule has 1 aromatic rings. The van der Waals surface area contributed by atoms with Crippen LogP contribution in [0.15, 0.2) is 27.6 Å². The highest BCUT2D eigenvalue weighted by atomic mass is 79.9. The summed E-state index contributed by atoms with van der Waals surface area (Å²) < 4.78 is 28.4. The molecule has 0 saturated heterocycles. The number of nitrogens with one attached hydrogen (secondary N) is 1. The van der Waals surface area contributed by atoms with Crippen molar-refractivity contribution in [2.75, 3.05) is 0 Å². The van der Waals surface area contributed by atoms with Crippen LogP contribution >= 0.6 is 15.9 Å². The Morgan fingerprint density at radius 2 is 2.14 bits per heavy atom. The van der Waals surface area contributed by atoms with E-state index < -0.39 is 10.0 Å². The van der Waals surface area contributed by atoms with Gasteiger partial charge in [-0.15, -0.1) is 0 Å². The van der Waals surface area contributed by atoms with E-state index in [1.165, 1.54) is 6.07 Å². The van der Waals surface area contributed by atoms with Crippen LogP contribution in [0.1, 0.15) is 45.1 Å². The summed E-state index contributed by atoms with van der Waals surface area (Å²) in [4.78, 5) is 0.225. The van der Waals surface area contributed by atoms with E-state index in [-0.39, 0.29) is 23.0 Å². The lowest BCUT2D eigenvalue weighted by atomic mass is 9.75. The molecule has 0 bridgehead atoms. The number of aliphatic hydroxyl groups is 1. The summed E-state index contributed by atoms with van der Waals surface area (Å²) in [5, 5.41) is 9.09. The summed E-state index contributed by atoms with van der Waals surface area (Å²) in [6, 6.07) is 4.79. The van der Waals surface area contributed by atoms with Gasteiger partial charge in [-0.25, -0.2) is 13.1 Å². The molecule has 1 saturated carbocycles. The second-order valence-electron chi connectivity index (χ2n) is 6.50. The molecular weight excluding hydrogens is 354 g/mol. The Morgan fingerprint density at radius 1 is 1.43 bits per heavy atom. The quantitative estimate of drug-likeness (QED) is 0.848. The van der Waals surface area contributed by atoms with Gasteiger partial charge in [-0.1, -0.05) is 26.3 Å². The van der Waals surface area contributed by atoms with E-state index in [4.69, 9.17) is 5.11 Å². The first kappa shape index (κ1) is 16.9. The molecule has 1 aliphatic rings. The topological polar surface area (TPSA) is 66.4 Å². The van der Waals surface area contributed by atoms with E-state index in [0.29, 0.717) is 10.0 Å². The molecule has 1 unspecified atom stereocenters. The minimum Gasteiger partial charge on any atom is -0.392 e. The molecule has 0 amide bonds. The number of hydrogen-bond acceptors (Lipinski definition) is 3. The second kappa shape index (κ2) is 6.36. The lowest BCUT2D eigenvalue weighted by Gasteiger charge is -2.35. The molecule has 0 heterocycles. The van der Waals surface area contributed by atoms with Gasteiger partial charge in [0.05, 0.1) is 11.5 Å². The number of benzene rings is 1. The average Bonchev–Trinajstić information content (AvgIpc) is 2.36. The van der Waals surface area contributed by atoms with Crippen LogP contribution < -0.4 is 4.72 Å². The van der Waals surface area contributed by atoms with Gasteiger partial charge in [0.2, 0.25) is 10.0 Å². The van der Waals surface area contributed by atoms with E-state index in [0.717, 1.165) is 25.7 Å². The van der Waals surface area contributed by atoms with Crippen molar-refractivity contribution >= 4 is 26.0 Å². The maximum absolute atomic E-state index is 12.5. The Balaban J connectivity index is 2.19. The first-order valence-corrected chi connectivity index (χ1v) is 9.43. The third-order valence-electron chi connectivity index (χ3n) is 4.00. The molecule has 0 aromatic heterocycles. The van der Waals surface area contributed by atoms with Gasteiger partial charge in [0.15, 0.2) is 0 Å². The van der Waals surface area contributed by atoms with E-state index in [1.807, 2.05) is 0 Å². The van der Waals surface area contributed by atoms with Crippen molar-refractivity contribution in [3.63, 3.8) is 0 Å². The highest BCUT2D eigenvalue weighted by Gasteiger charge is 2.31. The predicted octanol–water partition coefficient (Wildman–Crippen LogP) is 3.19. The van der Waals surface area contributed by atoms with E-state index in [9.17, 15) is 8.42 Å². The minimum absolute atomic E-state index is 0.0110. The first-order chi connectivity index (χ1) is 9.73. The van der Waals surface area contributed by atoms with Crippen molar-refractivity contribution in [1.82, 2.24) is 4.72 Å². The van der Waals surface area contributed by atoms with Crippen LogP contribution in [0.3, 0.4) is 0 Å². The summed E-state index contributed by atoms with van der Waals surface area (Å²) >= 11 is 3.28. The SMILES string of the molecule is CC1(C)CCCC(NS(=O)(=O)c2ccc(CO)cc2Br)C1. The summed E-state index contributed by atoms with van der Waals surface area (Å²) in [5.74, 6) is 0. The van der Waals surface area contributed by atoms with Crippen molar-refractivity contribution in [2.24, 2.45) is 5.41 Å². The van der Waals surface area contributed by atoms with Crippen LogP contribution in [0.25, 0.3) is 0 Å². The number of hydrogen-bond donors (Lipinski definition) is 2. The van der Waals surface area contributed by atoms with Crippen molar-refractivity contribution in [3.05, 3.63) is 28.2 Å². The maximum Gasteiger partial charge on any atom is 0.241 e. The smallest absolute Gasteiger partial charge is 0.241 e. The fourth-order valence-electron chi connectivity index (χ4n) is 2.94. The van der Waals surface area contributed by atoms with Crippen LogP contribution in [0.5, 0.6) is 0 Å². The van der Waals surface area contributed by atoms with Gasteiger partial charge < -0.3 is 5.11 Å². The van der Waals surface area contributed by atoms with Gasteiger partial charge in [-0.2, -0.15) is 0 Å². The fourth-order valence-corrected chi connectivity index (χ4v) is 5.34. The monoisotopic (exact) mass is 375 g/mol. The Morgan fingerprint density at radius 3 is 2.71 bits per heavy atom. The lowest BCUT2D eigenvalue weighted by molar-refractivity contribution is 0.212. The number of rotatable bonds is 4. The van der Waals surface area contributed by atoms with Crippen LogP contribution in [-0.2, 0) is 16.6 Å². The zero-order valence-electron chi connectivity index (χ0n) is 12.4. The molecular formula is C15H22BrNO3S. The molecule has 118 valence electrons. The van der Waals surface area contributed by atoms with Gasteiger partial charge in [-0.3, -0.25) is 0 Å². The summed E-state index contributed by atoms with van der Waals surface area (Å²) in [5.41, 5.74) is 0.864. The molecule has 1 aromatic carbocycles. The largest absolute Gasteiger partial charge is 0.392 e. The maximum atomic E-state index is 12.5. The van der Waals surface area contributed by atoms with Crippen molar-refractivity contribution in [3.8, 4) is 0 Å². The lowest BCUT2D eigenvalue weighted by Crippen LogP contribution is -2.40. The molecule has 0 aliphatic heterocycles. The van der Waals surface area contributed by atoms with E-state index >= 15 is 0 Å². The van der Waals surface area contributed by atoms with Crippen LogP contribution in [0.4, 0.5) is 0 Å². The Kier molecular flexibility index (Phi) is 5.13. The number of sulfonamides is 1. The minimum atomic E-state index is -3.54. The third-order valence-corrected chi connectivity index (χ3v) is 6.49. The molecule has 1 atom stereocenters. The molecule has 1 fully saturated rings. The van der Waals surface area contributed by atoms with E-state index in [2.05, 4.69) is 34.5 Å². The summed E-state index contributed by atoms with van der Waals surface area (Å²) in [6.45, 7) is 4.25. The Hall–Kier alpha value is -0.430. The van der Waals surface area contributed by atoms with Crippen molar-refractivity contribution in [1.29, 1.82) is 0 Å². The van der Waals surface area contributed by atoms with E-state index in [1.54, 1.807) is 12.1 Å². The normalized spacial score (nSPS) is 22.2. The Labute approximate surface area is 135 Å². The Bertz CT molecular complexity index is 613. The predicted molar refractivity (Wildman–Crippen MR) is 86.4 cm³/mol. The molecule has 21 heavy (non-hydrogen) atoms. The van der Waals surface area contributed by atoms with Crippen LogP contribution in [0.2, 0.25) is 0 Å². The first-order valence-electron chi connectivity index (χ1n) is 7.15. The number of halogens is 1. The molecule has 6 heteroatoms. The highest BCUT2D eigenvalue weighted by Crippen LogP contribution is 2.36. The molecule has 2 N–H and O–H groups in total. The van der Waals surface area contributed by atoms with Gasteiger partial charge in [0.1, 0.15) is 0 Å². The zero-order chi connectivity index (χ0) is 15.7. The zero-order valence-corrected chi connectivity index (χ0v) is 14.8. The standard InChI is InChI=1S/C15H22BrNO3S/c1-15(2)7-3-4-12(9-15)17-21(19,20)14-6-5-11(10-18)8-13(14)16/h5-6,8,12,17-18H,3-4,7,9-10H2,1-2H3. The molecule has 1 aliphatic carbocycles. The summed E-state index contributed by atoms with van der Waals surface area (Å²) in [7, 11) is -3.54. The van der Waals surface area contributed by atoms with Gasteiger partial charge in [0, 0.05) is 10.5 Å². The molecule has 0 spiro atoms. The second-order valence-corrected chi connectivity index (χ2v) is 9.04. The molecule has 2 rings (SSSR count). The van der Waals surface area contributed by atoms with Crippen LogP contribution in [-0.4, -0.2) is 19.6 Å². The summed E-state index contributed by atoms with van der Waals surface area (Å²) in [6.07, 6.45) is 3.93. The molecule has 4 nitrogen and oxygen atoms in total. The van der Waals surface area contributed by atoms with Gasteiger partial charge >= 0.3 is 0 Å². The highest BCUT2D eigenvalue weighted by molar-refractivity contribution is 9.10. The molecule has 0 radical (unpaired) electrons. The fraction of sp³-hybridized carbons (Fsp3) is 0.600. The average molecular weight is 376 g/mol. The van der Waals surface area contributed by atoms with Crippen molar-refractivity contribution < 1.29 is 13.5 Å². The number of aliphatic hydroxyl groups excluding tert-OH is 1. The van der Waals surface area contributed by atoms with Gasteiger partial charge in [0.25, 0.3) is 0 Å². The van der Waals surface area contributed by atoms with Gasteiger partial charge in [-0.05, 0) is 58.3 Å².